The molecule has 0 aliphatic heterocycles. The summed E-state index contributed by atoms with van der Waals surface area (Å²) in [5.74, 6) is -1.83. The number of hydrogen-bond donors (Lipinski definition) is 0. The van der Waals surface area contributed by atoms with E-state index in [2.05, 4.69) is 4.74 Å². The summed E-state index contributed by atoms with van der Waals surface area (Å²) in [4.78, 5) is 22.5. The number of ketones is 1. The Morgan fingerprint density at radius 2 is 2.05 bits per heavy atom. The Morgan fingerprint density at radius 1 is 1.38 bits per heavy atom. The first-order chi connectivity index (χ1) is 9.88. The van der Waals surface area contributed by atoms with Gasteiger partial charge in [0.1, 0.15) is 24.8 Å². The predicted octanol–water partition coefficient (Wildman–Crippen LogP) is 3.35. The maximum atomic E-state index is 13.5. The molecule has 0 spiro atoms. The smallest absolute Gasteiger partial charge is 0.302 e. The third-order valence-corrected chi connectivity index (χ3v) is 2.87. The van der Waals surface area contributed by atoms with Crippen LogP contribution in [0.2, 0.25) is 5.02 Å². The third-order valence-electron chi connectivity index (χ3n) is 2.58. The largest absolute Gasteiger partial charge is 0.483 e. The molecule has 1 rings (SSSR count). The molecule has 0 saturated carbocycles. The van der Waals surface area contributed by atoms with Gasteiger partial charge in [0, 0.05) is 19.4 Å². The Labute approximate surface area is 126 Å². The van der Waals surface area contributed by atoms with Crippen LogP contribution in [0.25, 0.3) is 0 Å². The number of halogens is 3. The van der Waals surface area contributed by atoms with E-state index in [-0.39, 0.29) is 35.1 Å². The summed E-state index contributed by atoms with van der Waals surface area (Å²) in [6.45, 7) is 1.49. The van der Waals surface area contributed by atoms with Gasteiger partial charge in [-0.05, 0) is 6.07 Å². The Balaban J connectivity index is 3.01. The topological polar surface area (TPSA) is 52.6 Å². The number of rotatable bonds is 7. The SMILES string of the molecule is CCC(=O)c1cc(Cl)c(F)cc1O[C@@H](CF)COC(C)=O. The van der Waals surface area contributed by atoms with Gasteiger partial charge in [-0.3, -0.25) is 9.59 Å². The zero-order chi connectivity index (χ0) is 16.0. The number of ether oxygens (including phenoxy) is 2. The number of carbonyl (C=O) groups is 2. The molecule has 0 N–H and O–H groups in total. The van der Waals surface area contributed by atoms with Crippen molar-refractivity contribution in [2.75, 3.05) is 13.3 Å². The van der Waals surface area contributed by atoms with Crippen LogP contribution in [0.15, 0.2) is 12.1 Å². The molecule has 4 nitrogen and oxygen atoms in total. The zero-order valence-corrected chi connectivity index (χ0v) is 12.4. The highest BCUT2D eigenvalue weighted by molar-refractivity contribution is 6.31. The van der Waals surface area contributed by atoms with Gasteiger partial charge in [0.25, 0.3) is 0 Å². The van der Waals surface area contributed by atoms with Crippen molar-refractivity contribution in [1.29, 1.82) is 0 Å². The van der Waals surface area contributed by atoms with Crippen LogP contribution < -0.4 is 4.74 Å². The zero-order valence-electron chi connectivity index (χ0n) is 11.6. The van der Waals surface area contributed by atoms with E-state index in [0.717, 1.165) is 12.1 Å². The molecule has 1 aromatic carbocycles. The van der Waals surface area contributed by atoms with Gasteiger partial charge < -0.3 is 9.47 Å². The number of hydrogen-bond acceptors (Lipinski definition) is 4. The van der Waals surface area contributed by atoms with Crippen molar-refractivity contribution in [3.8, 4) is 5.75 Å². The van der Waals surface area contributed by atoms with Crippen LogP contribution in [0.3, 0.4) is 0 Å². The van der Waals surface area contributed by atoms with Crippen molar-refractivity contribution in [3.63, 3.8) is 0 Å². The monoisotopic (exact) mass is 320 g/mol. The minimum absolute atomic E-state index is 0.0603. The van der Waals surface area contributed by atoms with Crippen LogP contribution in [0.5, 0.6) is 5.75 Å². The molecule has 0 fully saturated rings. The summed E-state index contributed by atoms with van der Waals surface area (Å²) in [5.41, 5.74) is 0.0603. The number of Topliss-reactive ketones (excluding diaryl/α,β-unsaturated/α-hetero) is 1. The molecule has 21 heavy (non-hydrogen) atoms. The van der Waals surface area contributed by atoms with Gasteiger partial charge in [-0.2, -0.15) is 0 Å². The van der Waals surface area contributed by atoms with Gasteiger partial charge in [-0.1, -0.05) is 18.5 Å². The van der Waals surface area contributed by atoms with Crippen molar-refractivity contribution in [2.24, 2.45) is 0 Å². The van der Waals surface area contributed by atoms with Crippen molar-refractivity contribution in [1.82, 2.24) is 0 Å². The van der Waals surface area contributed by atoms with E-state index in [0.29, 0.717) is 0 Å². The molecule has 0 aromatic heterocycles. The van der Waals surface area contributed by atoms with Crippen molar-refractivity contribution >= 4 is 23.4 Å². The molecule has 0 aliphatic rings. The highest BCUT2D eigenvalue weighted by Crippen LogP contribution is 2.28. The third kappa shape index (κ3) is 4.97. The lowest BCUT2D eigenvalue weighted by molar-refractivity contribution is -0.143. The van der Waals surface area contributed by atoms with Gasteiger partial charge >= 0.3 is 5.97 Å². The molecule has 0 unspecified atom stereocenters. The summed E-state index contributed by atoms with van der Waals surface area (Å²) < 4.78 is 36.2. The minimum atomic E-state index is -1.13. The van der Waals surface area contributed by atoms with Gasteiger partial charge in [0.15, 0.2) is 11.9 Å². The summed E-state index contributed by atoms with van der Waals surface area (Å²) in [7, 11) is 0. The Morgan fingerprint density at radius 3 is 2.57 bits per heavy atom. The van der Waals surface area contributed by atoms with Crippen LogP contribution >= 0.6 is 11.6 Å². The molecular formula is C14H15ClF2O4. The average molecular weight is 321 g/mol. The molecule has 1 aromatic rings. The van der Waals surface area contributed by atoms with Crippen molar-refractivity contribution in [2.45, 2.75) is 26.4 Å². The second kappa shape index (κ2) is 7.93. The van der Waals surface area contributed by atoms with Gasteiger partial charge in [0.05, 0.1) is 10.6 Å². The summed E-state index contributed by atoms with van der Waals surface area (Å²) in [5, 5.41) is -0.226. The molecule has 0 aliphatic carbocycles. The van der Waals surface area contributed by atoms with Gasteiger partial charge in [-0.25, -0.2) is 8.78 Å². The molecular weight excluding hydrogens is 306 g/mol. The fourth-order valence-electron chi connectivity index (χ4n) is 1.53. The second-order valence-corrected chi connectivity index (χ2v) is 4.64. The molecule has 1 atom stereocenters. The molecule has 0 saturated heterocycles. The van der Waals surface area contributed by atoms with Gasteiger partial charge in [0.2, 0.25) is 0 Å². The van der Waals surface area contributed by atoms with E-state index < -0.39 is 24.6 Å². The first kappa shape index (κ1) is 17.4. The van der Waals surface area contributed by atoms with Crippen molar-refractivity contribution < 1.29 is 27.8 Å². The molecule has 0 amide bonds. The maximum absolute atomic E-state index is 13.5. The van der Waals surface area contributed by atoms with Crippen LogP contribution in [0.1, 0.15) is 30.6 Å². The van der Waals surface area contributed by atoms with E-state index in [1.54, 1.807) is 6.92 Å². The molecule has 0 radical (unpaired) electrons. The van der Waals surface area contributed by atoms with Crippen LogP contribution in [0, 0.1) is 5.82 Å². The summed E-state index contributed by atoms with van der Waals surface area (Å²) in [6.07, 6.45) is -0.972. The average Bonchev–Trinajstić information content (AvgIpc) is 2.45. The number of alkyl halides is 1. The highest BCUT2D eigenvalue weighted by atomic mass is 35.5. The highest BCUT2D eigenvalue weighted by Gasteiger charge is 2.19. The first-order valence-electron chi connectivity index (χ1n) is 6.27. The van der Waals surface area contributed by atoms with E-state index in [4.69, 9.17) is 16.3 Å². The lowest BCUT2D eigenvalue weighted by Crippen LogP contribution is -2.27. The normalized spacial score (nSPS) is 11.9. The van der Waals surface area contributed by atoms with Crippen LogP contribution in [-0.4, -0.2) is 31.1 Å². The Bertz CT molecular complexity index is 534. The first-order valence-corrected chi connectivity index (χ1v) is 6.65. The van der Waals surface area contributed by atoms with Crippen molar-refractivity contribution in [3.05, 3.63) is 28.5 Å². The van der Waals surface area contributed by atoms with Gasteiger partial charge in [-0.15, -0.1) is 0 Å². The molecule has 7 heteroatoms. The van der Waals surface area contributed by atoms with E-state index in [9.17, 15) is 18.4 Å². The standard InChI is InChI=1S/C14H15ClF2O4/c1-3-13(19)10-4-11(15)12(17)5-14(10)21-9(6-16)7-20-8(2)18/h4-5,9H,3,6-7H2,1-2H3/t9-/m0/s1. The second-order valence-electron chi connectivity index (χ2n) is 4.24. The summed E-state index contributed by atoms with van der Waals surface area (Å²) >= 11 is 5.63. The Hall–Kier alpha value is -1.69. The predicted molar refractivity (Wildman–Crippen MR) is 73.1 cm³/mol. The lowest BCUT2D eigenvalue weighted by Gasteiger charge is -2.18. The summed E-state index contributed by atoms with van der Waals surface area (Å²) in [6, 6.07) is 2.06. The number of benzene rings is 1. The maximum Gasteiger partial charge on any atom is 0.302 e. The fraction of sp³-hybridized carbons (Fsp3) is 0.429. The molecule has 116 valence electrons. The van der Waals surface area contributed by atoms with Crippen LogP contribution in [-0.2, 0) is 9.53 Å². The molecule has 0 bridgehead atoms. The molecule has 0 heterocycles. The van der Waals surface area contributed by atoms with E-state index in [1.165, 1.54) is 6.92 Å². The number of carbonyl (C=O) groups excluding carboxylic acids is 2. The lowest BCUT2D eigenvalue weighted by atomic mass is 10.1. The Kier molecular flexibility index (Phi) is 6.55. The van der Waals surface area contributed by atoms with E-state index in [1.807, 2.05) is 0 Å². The fourth-order valence-corrected chi connectivity index (χ4v) is 1.70. The number of esters is 1. The van der Waals surface area contributed by atoms with E-state index >= 15 is 0 Å². The van der Waals surface area contributed by atoms with Crippen LogP contribution in [0.4, 0.5) is 8.78 Å². The quantitative estimate of drug-likeness (QED) is 0.571. The minimum Gasteiger partial charge on any atom is -0.483 e.